The Labute approximate surface area is 84.7 Å². The third-order valence-electron chi connectivity index (χ3n) is 1.42. The standard InChI is InChI=1S/C7H7ClO2S2/c1-3-4(7(9)11)5(10-2)6(8)12-3/h1-2H3,(H,9,11). The molecule has 0 unspecified atom stereocenters. The number of halogens is 1. The van der Waals surface area contributed by atoms with Crippen LogP contribution in [0.15, 0.2) is 0 Å². The predicted octanol–water partition coefficient (Wildman–Crippen LogP) is 2.95. The van der Waals surface area contributed by atoms with E-state index in [2.05, 4.69) is 12.2 Å². The third kappa shape index (κ3) is 1.55. The highest BCUT2D eigenvalue weighted by molar-refractivity contribution is 7.80. The Morgan fingerprint density at radius 1 is 1.67 bits per heavy atom. The highest BCUT2D eigenvalue weighted by Gasteiger charge is 2.17. The van der Waals surface area contributed by atoms with Gasteiger partial charge < -0.3 is 9.84 Å². The maximum atomic E-state index is 9.13. The molecule has 2 nitrogen and oxygen atoms in total. The summed E-state index contributed by atoms with van der Waals surface area (Å²) >= 11 is 11.8. The molecule has 0 bridgehead atoms. The smallest absolute Gasteiger partial charge is 0.193 e. The maximum Gasteiger partial charge on any atom is 0.193 e. The summed E-state index contributed by atoms with van der Waals surface area (Å²) in [5.41, 5.74) is 0.530. The van der Waals surface area contributed by atoms with Gasteiger partial charge in [0.2, 0.25) is 0 Å². The highest BCUT2D eigenvalue weighted by atomic mass is 35.5. The summed E-state index contributed by atoms with van der Waals surface area (Å²) in [4.78, 5) is 0.865. The first-order valence-electron chi connectivity index (χ1n) is 3.14. The average molecular weight is 223 g/mol. The minimum Gasteiger partial charge on any atom is -0.498 e. The number of aliphatic hydroxyl groups is 1. The van der Waals surface area contributed by atoms with E-state index in [4.69, 9.17) is 21.4 Å². The van der Waals surface area contributed by atoms with Crippen LogP contribution in [0.1, 0.15) is 10.4 Å². The number of rotatable bonds is 2. The highest BCUT2D eigenvalue weighted by Crippen LogP contribution is 2.38. The lowest BCUT2D eigenvalue weighted by atomic mass is 10.2. The molecule has 66 valence electrons. The van der Waals surface area contributed by atoms with Crippen LogP contribution in [0.5, 0.6) is 5.75 Å². The van der Waals surface area contributed by atoms with Crippen molar-refractivity contribution in [3.63, 3.8) is 0 Å². The van der Waals surface area contributed by atoms with Crippen LogP contribution in [-0.2, 0) is 0 Å². The second-order valence-corrected chi connectivity index (χ2v) is 4.36. The Kier molecular flexibility index (Phi) is 2.93. The Morgan fingerprint density at radius 3 is 2.58 bits per heavy atom. The van der Waals surface area contributed by atoms with Gasteiger partial charge in [-0.25, -0.2) is 0 Å². The number of thiophene rings is 1. The van der Waals surface area contributed by atoms with Gasteiger partial charge in [-0.05, 0) is 19.1 Å². The second-order valence-electron chi connectivity index (χ2n) is 2.15. The molecule has 0 saturated carbocycles. The third-order valence-corrected chi connectivity index (χ3v) is 2.90. The molecule has 0 fully saturated rings. The first kappa shape index (κ1) is 9.77. The normalized spacial score (nSPS) is 9.92. The lowest BCUT2D eigenvalue weighted by molar-refractivity contribution is 0.414. The zero-order valence-electron chi connectivity index (χ0n) is 6.55. The zero-order valence-corrected chi connectivity index (χ0v) is 8.94. The predicted molar refractivity (Wildman–Crippen MR) is 54.9 cm³/mol. The minimum absolute atomic E-state index is 0.174. The molecule has 0 radical (unpaired) electrons. The summed E-state index contributed by atoms with van der Waals surface area (Å²) in [6.45, 7) is 1.83. The fraction of sp³-hybridized carbons (Fsp3) is 0.286. The molecule has 0 aromatic carbocycles. The van der Waals surface area contributed by atoms with Crippen molar-refractivity contribution in [1.29, 1.82) is 0 Å². The molecular formula is C7H7ClO2S2. The summed E-state index contributed by atoms with van der Waals surface area (Å²) in [6, 6.07) is 0. The molecule has 0 spiro atoms. The van der Waals surface area contributed by atoms with Gasteiger partial charge in [0, 0.05) is 4.88 Å². The van der Waals surface area contributed by atoms with Crippen LogP contribution in [0.3, 0.4) is 0 Å². The van der Waals surface area contributed by atoms with E-state index in [-0.39, 0.29) is 5.05 Å². The van der Waals surface area contributed by atoms with Crippen LogP contribution in [0.4, 0.5) is 0 Å². The van der Waals surface area contributed by atoms with E-state index in [1.54, 1.807) is 0 Å². The van der Waals surface area contributed by atoms with Crippen molar-refractivity contribution in [1.82, 2.24) is 0 Å². The number of methoxy groups -OCH3 is 1. The number of ether oxygens (including phenoxy) is 1. The molecule has 1 N–H and O–H groups in total. The molecule has 0 atom stereocenters. The number of hydrogen-bond donors (Lipinski definition) is 1. The van der Waals surface area contributed by atoms with Crippen molar-refractivity contribution < 1.29 is 9.84 Å². The first-order valence-corrected chi connectivity index (χ1v) is 4.74. The molecule has 0 aliphatic heterocycles. The van der Waals surface area contributed by atoms with Crippen molar-refractivity contribution >= 4 is 40.2 Å². The topological polar surface area (TPSA) is 29.5 Å². The number of hydrogen-bond acceptors (Lipinski definition) is 3. The molecule has 1 heterocycles. The van der Waals surface area contributed by atoms with Gasteiger partial charge in [-0.3, -0.25) is 0 Å². The molecule has 1 rings (SSSR count). The van der Waals surface area contributed by atoms with Gasteiger partial charge >= 0.3 is 0 Å². The van der Waals surface area contributed by atoms with Gasteiger partial charge in [0.25, 0.3) is 0 Å². The average Bonchev–Trinajstić information content (AvgIpc) is 2.24. The van der Waals surface area contributed by atoms with E-state index in [0.717, 1.165) is 4.88 Å². The minimum atomic E-state index is -0.174. The molecular weight excluding hydrogens is 216 g/mol. The Bertz CT molecular complexity index is 319. The summed E-state index contributed by atoms with van der Waals surface area (Å²) < 4.78 is 5.50. The quantitative estimate of drug-likeness (QED) is 0.781. The van der Waals surface area contributed by atoms with E-state index in [1.165, 1.54) is 18.4 Å². The molecule has 0 aliphatic carbocycles. The summed E-state index contributed by atoms with van der Waals surface area (Å²) in [5, 5.41) is 8.96. The largest absolute Gasteiger partial charge is 0.498 e. The SMILES string of the molecule is COc1c(Cl)sc(C)c1C(O)=S. The van der Waals surface area contributed by atoms with Gasteiger partial charge in [-0.2, -0.15) is 0 Å². The van der Waals surface area contributed by atoms with Crippen LogP contribution in [-0.4, -0.2) is 17.3 Å². The van der Waals surface area contributed by atoms with Crippen LogP contribution >= 0.6 is 35.2 Å². The van der Waals surface area contributed by atoms with Crippen LogP contribution < -0.4 is 4.74 Å². The number of aryl methyl sites for hydroxylation is 1. The molecule has 1 aromatic heterocycles. The Balaban J connectivity index is 3.32. The van der Waals surface area contributed by atoms with E-state index < -0.39 is 0 Å². The van der Waals surface area contributed by atoms with Crippen molar-refractivity contribution in [2.75, 3.05) is 7.11 Å². The van der Waals surface area contributed by atoms with Crippen LogP contribution in [0, 0.1) is 6.92 Å². The van der Waals surface area contributed by atoms with Gasteiger partial charge in [0.15, 0.2) is 10.8 Å². The lowest BCUT2D eigenvalue weighted by Crippen LogP contribution is -1.97. The van der Waals surface area contributed by atoms with Crippen molar-refractivity contribution in [3.05, 3.63) is 14.8 Å². The second kappa shape index (κ2) is 3.60. The monoisotopic (exact) mass is 222 g/mol. The summed E-state index contributed by atoms with van der Waals surface area (Å²) in [6.07, 6.45) is 0. The molecule has 12 heavy (non-hydrogen) atoms. The summed E-state index contributed by atoms with van der Waals surface area (Å²) in [5.74, 6) is 0.465. The Hall–Kier alpha value is -0.320. The zero-order chi connectivity index (χ0) is 9.30. The van der Waals surface area contributed by atoms with Crippen molar-refractivity contribution in [2.45, 2.75) is 6.92 Å². The van der Waals surface area contributed by atoms with Crippen LogP contribution in [0.2, 0.25) is 4.34 Å². The molecule has 0 amide bonds. The molecule has 0 saturated heterocycles. The lowest BCUT2D eigenvalue weighted by Gasteiger charge is -2.00. The van der Waals surface area contributed by atoms with E-state index in [0.29, 0.717) is 15.6 Å². The van der Waals surface area contributed by atoms with Crippen LogP contribution in [0.25, 0.3) is 0 Å². The number of thiocarbonyl (C=S) groups is 1. The maximum absolute atomic E-state index is 9.13. The fourth-order valence-corrected chi connectivity index (χ4v) is 2.59. The fourth-order valence-electron chi connectivity index (χ4n) is 0.920. The molecule has 1 aromatic rings. The molecule has 0 aliphatic rings. The van der Waals surface area contributed by atoms with Crippen molar-refractivity contribution in [2.24, 2.45) is 0 Å². The van der Waals surface area contributed by atoms with Gasteiger partial charge in [0.05, 0.1) is 12.7 Å². The van der Waals surface area contributed by atoms with E-state index in [1.807, 2.05) is 6.92 Å². The van der Waals surface area contributed by atoms with Crippen molar-refractivity contribution in [3.8, 4) is 5.75 Å². The van der Waals surface area contributed by atoms with E-state index in [9.17, 15) is 0 Å². The number of aliphatic hydroxyl groups excluding tert-OH is 1. The van der Waals surface area contributed by atoms with E-state index >= 15 is 0 Å². The van der Waals surface area contributed by atoms with Gasteiger partial charge in [-0.1, -0.05) is 11.6 Å². The van der Waals surface area contributed by atoms with Gasteiger partial charge in [-0.15, -0.1) is 11.3 Å². The Morgan fingerprint density at radius 2 is 2.25 bits per heavy atom. The van der Waals surface area contributed by atoms with Gasteiger partial charge in [0.1, 0.15) is 4.34 Å². The molecule has 5 heteroatoms. The first-order chi connectivity index (χ1) is 5.57. The summed E-state index contributed by atoms with van der Waals surface area (Å²) in [7, 11) is 1.50.